The summed E-state index contributed by atoms with van der Waals surface area (Å²) in [6.45, 7) is 4.85. The average molecular weight is 312 g/mol. The molecule has 0 saturated carbocycles. The Bertz CT molecular complexity index is 782. The number of anilines is 1. The molecule has 0 radical (unpaired) electrons. The highest BCUT2D eigenvalue weighted by atomic mass is 16.5. The van der Waals surface area contributed by atoms with Gasteiger partial charge in [-0.25, -0.2) is 0 Å². The minimum atomic E-state index is -0.0908. The van der Waals surface area contributed by atoms with Gasteiger partial charge in [-0.3, -0.25) is 9.59 Å². The van der Waals surface area contributed by atoms with Crippen LogP contribution in [0.4, 0.5) is 5.69 Å². The first-order chi connectivity index (χ1) is 11.0. The van der Waals surface area contributed by atoms with Gasteiger partial charge in [0.1, 0.15) is 11.9 Å². The van der Waals surface area contributed by atoms with Gasteiger partial charge >= 0.3 is 0 Å². The topological polar surface area (TPSA) is 51.5 Å². The molecule has 5 nitrogen and oxygen atoms in total. The Morgan fingerprint density at radius 2 is 2.13 bits per heavy atom. The minimum Gasteiger partial charge on any atom is -0.487 e. The Labute approximate surface area is 135 Å². The van der Waals surface area contributed by atoms with Gasteiger partial charge in [-0.05, 0) is 37.6 Å². The molecule has 0 fully saturated rings. The maximum atomic E-state index is 12.7. The molecule has 5 heteroatoms. The maximum absolute atomic E-state index is 12.7. The number of fused-ring (bicyclic) bond motifs is 1. The van der Waals surface area contributed by atoms with E-state index in [-0.39, 0.29) is 24.0 Å². The first-order valence-electron chi connectivity index (χ1n) is 7.78. The summed E-state index contributed by atoms with van der Waals surface area (Å²) in [4.78, 5) is 26.1. The van der Waals surface area contributed by atoms with E-state index in [0.29, 0.717) is 13.1 Å². The second kappa shape index (κ2) is 6.28. The van der Waals surface area contributed by atoms with Crippen molar-refractivity contribution >= 4 is 11.6 Å². The molecule has 0 spiro atoms. The molecule has 1 aromatic carbocycles. The van der Waals surface area contributed by atoms with Gasteiger partial charge in [-0.1, -0.05) is 12.1 Å². The summed E-state index contributed by atoms with van der Waals surface area (Å²) in [6.07, 6.45) is 1.94. The van der Waals surface area contributed by atoms with Crippen molar-refractivity contribution in [2.75, 3.05) is 11.4 Å². The van der Waals surface area contributed by atoms with Crippen molar-refractivity contribution in [1.29, 1.82) is 0 Å². The lowest BCUT2D eigenvalue weighted by Gasteiger charge is -2.33. The third-order valence-corrected chi connectivity index (χ3v) is 3.94. The highest BCUT2D eigenvalue weighted by Gasteiger charge is 2.27. The average Bonchev–Trinajstić information content (AvgIpc) is 2.53. The zero-order valence-corrected chi connectivity index (χ0v) is 13.4. The summed E-state index contributed by atoms with van der Waals surface area (Å²) in [6, 6.07) is 10.8. The largest absolute Gasteiger partial charge is 0.487 e. The lowest BCUT2D eigenvalue weighted by Crippen LogP contribution is -2.42. The number of nitrogens with zero attached hydrogens (tertiary/aromatic N) is 2. The second-order valence-corrected chi connectivity index (χ2v) is 5.89. The molecular formula is C18H20N2O3. The van der Waals surface area contributed by atoms with Crippen molar-refractivity contribution in [1.82, 2.24) is 4.57 Å². The van der Waals surface area contributed by atoms with Crippen molar-refractivity contribution in [2.45, 2.75) is 32.9 Å². The van der Waals surface area contributed by atoms with Crippen molar-refractivity contribution in [3.63, 3.8) is 0 Å². The Kier molecular flexibility index (Phi) is 4.19. The molecule has 2 heterocycles. The first kappa shape index (κ1) is 15.3. The number of carbonyl (C=O) groups is 1. The molecule has 1 aliphatic rings. The van der Waals surface area contributed by atoms with E-state index in [4.69, 9.17) is 4.74 Å². The van der Waals surface area contributed by atoms with Gasteiger partial charge in [0.2, 0.25) is 5.91 Å². The van der Waals surface area contributed by atoms with Gasteiger partial charge in [-0.15, -0.1) is 0 Å². The predicted octanol–water partition coefficient (Wildman–Crippen LogP) is 2.36. The molecule has 3 rings (SSSR count). The van der Waals surface area contributed by atoms with E-state index in [0.717, 1.165) is 17.0 Å². The fourth-order valence-electron chi connectivity index (χ4n) is 2.78. The van der Waals surface area contributed by atoms with Crippen LogP contribution in [0.1, 0.15) is 18.9 Å². The molecule has 0 N–H and O–H groups in total. The van der Waals surface area contributed by atoms with Crippen LogP contribution in [0.3, 0.4) is 0 Å². The third kappa shape index (κ3) is 3.28. The number of amides is 1. The molecule has 1 amide bonds. The van der Waals surface area contributed by atoms with E-state index in [1.165, 1.54) is 6.07 Å². The van der Waals surface area contributed by atoms with Crippen LogP contribution >= 0.6 is 0 Å². The van der Waals surface area contributed by atoms with Crippen LogP contribution in [-0.4, -0.2) is 23.1 Å². The third-order valence-electron chi connectivity index (χ3n) is 3.94. The van der Waals surface area contributed by atoms with Crippen LogP contribution in [0, 0.1) is 6.92 Å². The van der Waals surface area contributed by atoms with Crippen molar-refractivity contribution in [3.8, 4) is 5.75 Å². The Balaban J connectivity index is 1.79. The molecular weight excluding hydrogens is 292 g/mol. The Morgan fingerprint density at radius 1 is 1.30 bits per heavy atom. The van der Waals surface area contributed by atoms with Gasteiger partial charge in [-0.2, -0.15) is 0 Å². The molecule has 0 unspecified atom stereocenters. The van der Waals surface area contributed by atoms with Crippen LogP contribution in [-0.2, 0) is 11.3 Å². The number of hydrogen-bond donors (Lipinski definition) is 0. The summed E-state index contributed by atoms with van der Waals surface area (Å²) in [5.41, 5.74) is 1.80. The predicted molar refractivity (Wildman–Crippen MR) is 88.9 cm³/mol. The van der Waals surface area contributed by atoms with E-state index >= 15 is 0 Å². The van der Waals surface area contributed by atoms with Crippen molar-refractivity contribution in [2.24, 2.45) is 0 Å². The number of aromatic nitrogens is 1. The number of rotatable bonds is 3. The van der Waals surface area contributed by atoms with E-state index in [1.807, 2.05) is 32.0 Å². The number of hydrogen-bond acceptors (Lipinski definition) is 3. The van der Waals surface area contributed by atoms with Gasteiger partial charge < -0.3 is 14.2 Å². The smallest absolute Gasteiger partial charge is 0.250 e. The number of aryl methyl sites for hydroxylation is 2. The zero-order valence-electron chi connectivity index (χ0n) is 13.4. The van der Waals surface area contributed by atoms with E-state index in [9.17, 15) is 9.59 Å². The monoisotopic (exact) mass is 312 g/mol. The second-order valence-electron chi connectivity index (χ2n) is 5.89. The molecule has 1 aromatic heterocycles. The molecule has 1 aliphatic heterocycles. The Morgan fingerprint density at radius 3 is 2.91 bits per heavy atom. The highest BCUT2D eigenvalue weighted by Crippen LogP contribution is 2.34. The quantitative estimate of drug-likeness (QED) is 0.874. The maximum Gasteiger partial charge on any atom is 0.250 e. The first-order valence-corrected chi connectivity index (χ1v) is 7.78. The standard InChI is InChI=1S/C18H20N2O3/c1-13-6-7-16-15(11-13)20(12-14(2)23-16)18(22)8-10-19-9-4-3-5-17(19)21/h3-7,9,11,14H,8,10,12H2,1-2H3/t14-/m1/s1. The lowest BCUT2D eigenvalue weighted by atomic mass is 10.1. The fraction of sp³-hybridized carbons (Fsp3) is 0.333. The summed E-state index contributed by atoms with van der Waals surface area (Å²) < 4.78 is 7.35. The Hall–Kier alpha value is -2.56. The van der Waals surface area contributed by atoms with Gasteiger partial charge in [0.15, 0.2) is 0 Å². The SMILES string of the molecule is Cc1ccc2c(c1)N(C(=O)CCn1ccccc1=O)C[C@@H](C)O2. The van der Waals surface area contributed by atoms with Gasteiger partial charge in [0, 0.05) is 25.2 Å². The lowest BCUT2D eigenvalue weighted by molar-refractivity contribution is -0.119. The highest BCUT2D eigenvalue weighted by molar-refractivity contribution is 5.95. The number of carbonyl (C=O) groups excluding carboxylic acids is 1. The molecule has 120 valence electrons. The molecule has 23 heavy (non-hydrogen) atoms. The van der Waals surface area contributed by atoms with Crippen LogP contribution < -0.4 is 15.2 Å². The molecule has 0 aliphatic carbocycles. The minimum absolute atomic E-state index is 0.00255. The normalized spacial score (nSPS) is 16.6. The summed E-state index contributed by atoms with van der Waals surface area (Å²) >= 11 is 0. The summed E-state index contributed by atoms with van der Waals surface area (Å²) in [5, 5.41) is 0. The number of benzene rings is 1. The number of ether oxygens (including phenoxy) is 1. The van der Waals surface area contributed by atoms with Crippen LogP contribution in [0.15, 0.2) is 47.4 Å². The number of pyridine rings is 1. The summed E-state index contributed by atoms with van der Waals surface area (Å²) in [5.74, 6) is 0.738. The molecule has 2 aromatic rings. The van der Waals surface area contributed by atoms with Crippen LogP contribution in [0.5, 0.6) is 5.75 Å². The molecule has 0 bridgehead atoms. The molecule has 1 atom stereocenters. The van der Waals surface area contributed by atoms with E-state index < -0.39 is 0 Å². The molecule has 0 saturated heterocycles. The van der Waals surface area contributed by atoms with Crippen LogP contribution in [0.2, 0.25) is 0 Å². The van der Waals surface area contributed by atoms with Gasteiger partial charge in [0.25, 0.3) is 5.56 Å². The van der Waals surface area contributed by atoms with Crippen molar-refractivity contribution in [3.05, 3.63) is 58.5 Å². The van der Waals surface area contributed by atoms with E-state index in [2.05, 4.69) is 0 Å². The zero-order chi connectivity index (χ0) is 16.4. The fourth-order valence-corrected chi connectivity index (χ4v) is 2.78. The van der Waals surface area contributed by atoms with Crippen LogP contribution in [0.25, 0.3) is 0 Å². The van der Waals surface area contributed by atoms with Crippen molar-refractivity contribution < 1.29 is 9.53 Å². The summed E-state index contributed by atoms with van der Waals surface area (Å²) in [7, 11) is 0. The van der Waals surface area contributed by atoms with E-state index in [1.54, 1.807) is 27.8 Å². The van der Waals surface area contributed by atoms with Gasteiger partial charge in [0.05, 0.1) is 12.2 Å².